The molecule has 0 rings (SSSR count). The smallest absolute Gasteiger partial charge is 0.361 e. The first-order valence-electron chi connectivity index (χ1n) is 41.3. The zero-order valence-corrected chi connectivity index (χ0v) is 65.8. The number of rotatable bonds is 75. The van der Waals surface area contributed by atoms with Crippen LogP contribution < -0.4 is 0 Å². The van der Waals surface area contributed by atoms with Crippen LogP contribution in [0.15, 0.2) is 170 Å². The summed E-state index contributed by atoms with van der Waals surface area (Å²) in [6.45, 7) is 4.66. The Morgan fingerprint density at radius 1 is 0.297 bits per heavy atom. The van der Waals surface area contributed by atoms with E-state index in [0.717, 1.165) is 135 Å². The molecule has 574 valence electrons. The second-order valence-electron chi connectivity index (χ2n) is 28.3. The van der Waals surface area contributed by atoms with Gasteiger partial charge in [-0.3, -0.25) is 9.59 Å². The van der Waals surface area contributed by atoms with Crippen molar-refractivity contribution in [2.45, 2.75) is 347 Å². The summed E-state index contributed by atoms with van der Waals surface area (Å²) in [5.41, 5.74) is 0. The molecule has 101 heavy (non-hydrogen) atoms. The van der Waals surface area contributed by atoms with E-state index in [4.69, 9.17) is 18.9 Å². The van der Waals surface area contributed by atoms with Gasteiger partial charge in [-0.15, -0.1) is 0 Å². The van der Waals surface area contributed by atoms with Crippen LogP contribution in [0.1, 0.15) is 335 Å². The maximum atomic E-state index is 13.0. The minimum Gasteiger partial charge on any atom is -0.477 e. The van der Waals surface area contributed by atoms with E-state index in [1.54, 1.807) is 0 Å². The van der Waals surface area contributed by atoms with Gasteiger partial charge in [-0.25, -0.2) is 4.79 Å². The Morgan fingerprint density at radius 2 is 0.535 bits per heavy atom. The minimum atomic E-state index is -1.52. The molecule has 0 aromatic carbocycles. The Labute approximate surface area is 622 Å². The highest BCUT2D eigenvalue weighted by molar-refractivity contribution is 5.71. The molecule has 0 aliphatic rings. The number of quaternary nitrogens is 1. The van der Waals surface area contributed by atoms with E-state index in [-0.39, 0.29) is 32.2 Å². The van der Waals surface area contributed by atoms with Crippen molar-refractivity contribution < 1.29 is 42.9 Å². The number of carboxylic acids is 1. The van der Waals surface area contributed by atoms with Crippen LogP contribution in [0.3, 0.4) is 0 Å². The molecular formula is C92H154NO8+. The molecule has 9 heteroatoms. The van der Waals surface area contributed by atoms with E-state index in [1.165, 1.54) is 167 Å². The molecular weight excluding hydrogens is 1250 g/mol. The predicted molar refractivity (Wildman–Crippen MR) is 437 cm³/mol. The Bertz CT molecular complexity index is 2280. The van der Waals surface area contributed by atoms with Crippen LogP contribution in [0.5, 0.6) is 0 Å². The van der Waals surface area contributed by atoms with Gasteiger partial charge in [0.25, 0.3) is 6.29 Å². The summed E-state index contributed by atoms with van der Waals surface area (Å²) in [5, 5.41) is 9.78. The predicted octanol–water partition coefficient (Wildman–Crippen LogP) is 26.9. The standard InChI is InChI=1S/C92H153NO8/c1-6-8-10-12-14-16-18-20-22-24-26-28-30-32-34-36-38-40-42-43-44-45-46-47-49-50-52-54-56-58-60-62-64-66-68-70-72-74-76-78-80-82-89(94)99-86-88(87-100-92(91(96)97)98-85-84-93(3,4)5)101-90(95)83-81-79-77-75-73-71-69-67-65-63-61-59-57-55-53-51-48-41-39-37-35-33-31-29-27-25-23-21-19-17-15-13-11-9-7-2/h8-11,14-17,20-23,26-29,32-35,38-41,51,53,57,59,88,92H,6-7,12-13,18-19,24-25,30-31,36-37,42-50,52,54-56,58,60-87H2,1-5H3/p+1/b10-8-,11-9-,16-14-,17-15-,22-20-,23-21-,28-26-,29-27-,34-32-,35-33-,40-38-,41-39-,53-51-,59-57-. The average Bonchev–Trinajstić information content (AvgIpc) is 1.25. The van der Waals surface area contributed by atoms with Crippen molar-refractivity contribution in [3.63, 3.8) is 0 Å². The molecule has 0 aliphatic heterocycles. The van der Waals surface area contributed by atoms with Crippen LogP contribution in [0.25, 0.3) is 0 Å². The molecule has 0 aromatic heterocycles. The maximum absolute atomic E-state index is 13.0. The number of ether oxygens (including phenoxy) is 4. The van der Waals surface area contributed by atoms with E-state index in [1.807, 2.05) is 21.1 Å². The largest absolute Gasteiger partial charge is 0.477 e. The molecule has 0 heterocycles. The summed E-state index contributed by atoms with van der Waals surface area (Å²) in [5.74, 6) is -2.01. The number of carboxylic acid groups (broad SMARTS) is 1. The number of carbonyl (C=O) groups excluding carboxylic acids is 2. The number of nitrogens with zero attached hydrogens (tertiary/aromatic N) is 1. The molecule has 0 amide bonds. The summed E-state index contributed by atoms with van der Waals surface area (Å²) in [6, 6.07) is 0. The zero-order chi connectivity index (χ0) is 73.2. The van der Waals surface area contributed by atoms with Gasteiger partial charge < -0.3 is 28.5 Å². The number of esters is 2. The zero-order valence-electron chi connectivity index (χ0n) is 65.8. The van der Waals surface area contributed by atoms with Crippen LogP contribution >= 0.6 is 0 Å². The van der Waals surface area contributed by atoms with Crippen LogP contribution in [-0.2, 0) is 33.3 Å². The monoisotopic (exact) mass is 1400 g/mol. The highest BCUT2D eigenvalue weighted by Crippen LogP contribution is 2.18. The SMILES string of the molecule is CC/C=C\C/C=C\C/C=C\C/C=C\C/C=C\C/C=C\C/C=C\C/C=C\CCCCCCCCCCCCC(=O)OC(COC(=O)CCCCCCCCCCCCCCCCCCCCCCCC/C=C\C/C=C\C/C=C\C/C=C\C/C=C\C/C=C\CC)COC(OCC[N+](C)(C)C)C(=O)O. The molecule has 0 aliphatic carbocycles. The quantitative estimate of drug-likeness (QED) is 0.0211. The molecule has 0 radical (unpaired) electrons. The van der Waals surface area contributed by atoms with Gasteiger partial charge in [0, 0.05) is 12.8 Å². The molecule has 9 nitrogen and oxygen atoms in total. The first kappa shape index (κ1) is 95.6. The van der Waals surface area contributed by atoms with Crippen molar-refractivity contribution in [3.05, 3.63) is 170 Å². The first-order chi connectivity index (χ1) is 49.6. The second kappa shape index (κ2) is 80.3. The molecule has 0 bridgehead atoms. The van der Waals surface area contributed by atoms with E-state index in [0.29, 0.717) is 23.9 Å². The number of allylic oxidation sites excluding steroid dienone is 28. The average molecular weight is 1400 g/mol. The fourth-order valence-electron chi connectivity index (χ4n) is 11.3. The molecule has 0 saturated heterocycles. The number of aliphatic carboxylic acids is 1. The maximum Gasteiger partial charge on any atom is 0.361 e. The van der Waals surface area contributed by atoms with Gasteiger partial charge in [0.05, 0.1) is 34.4 Å². The van der Waals surface area contributed by atoms with Gasteiger partial charge in [-0.2, -0.15) is 0 Å². The number of unbranched alkanes of at least 4 members (excludes halogenated alkanes) is 32. The summed E-state index contributed by atoms with van der Waals surface area (Å²) < 4.78 is 23.1. The lowest BCUT2D eigenvalue weighted by atomic mass is 10.0. The van der Waals surface area contributed by atoms with Gasteiger partial charge in [-0.05, 0) is 128 Å². The third-order valence-electron chi connectivity index (χ3n) is 17.5. The highest BCUT2D eigenvalue weighted by Gasteiger charge is 2.25. The van der Waals surface area contributed by atoms with Crippen molar-refractivity contribution in [1.29, 1.82) is 0 Å². The lowest BCUT2D eigenvalue weighted by molar-refractivity contribution is -0.870. The van der Waals surface area contributed by atoms with E-state index >= 15 is 0 Å². The van der Waals surface area contributed by atoms with Gasteiger partial charge >= 0.3 is 17.9 Å². The van der Waals surface area contributed by atoms with E-state index in [9.17, 15) is 19.5 Å². The molecule has 0 spiro atoms. The lowest BCUT2D eigenvalue weighted by Crippen LogP contribution is -2.40. The Balaban J connectivity index is 4.04. The van der Waals surface area contributed by atoms with Crippen LogP contribution in [0.2, 0.25) is 0 Å². The van der Waals surface area contributed by atoms with Crippen molar-refractivity contribution in [1.82, 2.24) is 0 Å². The normalized spacial score (nSPS) is 13.6. The molecule has 0 saturated carbocycles. The fourth-order valence-corrected chi connectivity index (χ4v) is 11.3. The van der Waals surface area contributed by atoms with Gasteiger partial charge in [0.1, 0.15) is 13.2 Å². The Kier molecular flexibility index (Phi) is 76.1. The van der Waals surface area contributed by atoms with Crippen molar-refractivity contribution >= 4 is 17.9 Å². The summed E-state index contributed by atoms with van der Waals surface area (Å²) >= 11 is 0. The summed E-state index contributed by atoms with van der Waals surface area (Å²) in [6.07, 6.45) is 118. The van der Waals surface area contributed by atoms with Gasteiger partial charge in [0.15, 0.2) is 6.10 Å². The highest BCUT2D eigenvalue weighted by atomic mass is 16.7. The van der Waals surface area contributed by atoms with Crippen LogP contribution in [0, 0.1) is 0 Å². The number of likely N-dealkylation sites (N-methyl/N-ethyl adjacent to an activating group) is 1. The van der Waals surface area contributed by atoms with E-state index in [2.05, 4.69) is 184 Å². The molecule has 0 fully saturated rings. The van der Waals surface area contributed by atoms with Gasteiger partial charge in [-0.1, -0.05) is 364 Å². The van der Waals surface area contributed by atoms with Gasteiger partial charge in [0.2, 0.25) is 0 Å². The minimum absolute atomic E-state index is 0.181. The van der Waals surface area contributed by atoms with Crippen LogP contribution in [0.4, 0.5) is 0 Å². The molecule has 1 N–H and O–H groups in total. The number of hydrogen-bond donors (Lipinski definition) is 1. The van der Waals surface area contributed by atoms with Crippen molar-refractivity contribution in [2.24, 2.45) is 0 Å². The van der Waals surface area contributed by atoms with E-state index < -0.39 is 24.3 Å². The number of hydrogen-bond acceptors (Lipinski definition) is 7. The second-order valence-corrected chi connectivity index (χ2v) is 28.3. The summed E-state index contributed by atoms with van der Waals surface area (Å²) in [7, 11) is 5.98. The number of carbonyl (C=O) groups is 3. The topological polar surface area (TPSA) is 108 Å². The lowest BCUT2D eigenvalue weighted by Gasteiger charge is -2.25. The molecule has 0 aromatic rings. The fraction of sp³-hybridized carbons (Fsp3) is 0.663. The summed E-state index contributed by atoms with van der Waals surface area (Å²) in [4.78, 5) is 37.8. The third-order valence-corrected chi connectivity index (χ3v) is 17.5. The Hall–Kier alpha value is -5.35. The van der Waals surface area contributed by atoms with Crippen molar-refractivity contribution in [2.75, 3.05) is 47.5 Å². The molecule has 2 unspecified atom stereocenters. The van der Waals surface area contributed by atoms with Crippen molar-refractivity contribution in [3.8, 4) is 0 Å². The van der Waals surface area contributed by atoms with Crippen LogP contribution in [-0.4, -0.2) is 87.4 Å². The first-order valence-corrected chi connectivity index (χ1v) is 41.3. The Morgan fingerprint density at radius 3 is 0.792 bits per heavy atom. The molecule has 2 atom stereocenters. The third kappa shape index (κ3) is 81.8.